The number of amides is 1. The molecule has 4 aliphatic carbocycles. The van der Waals surface area contributed by atoms with Gasteiger partial charge in [-0.05, 0) is 81.5 Å². The van der Waals surface area contributed by atoms with Crippen LogP contribution < -0.4 is 27.0 Å². The highest BCUT2D eigenvalue weighted by Crippen LogP contribution is 2.61. The highest BCUT2D eigenvalue weighted by molar-refractivity contribution is 5.74. The largest absolute Gasteiger partial charge is 0.380 e. The van der Waals surface area contributed by atoms with Gasteiger partial charge in [0.25, 0.3) is 10.9 Å². The van der Waals surface area contributed by atoms with Gasteiger partial charge < -0.3 is 10.6 Å². The molecule has 7 heteroatoms. The third kappa shape index (κ3) is 3.93. The quantitative estimate of drug-likeness (QED) is 0.207. The van der Waals surface area contributed by atoms with Gasteiger partial charge in [-0.2, -0.15) is 0 Å². The predicted molar refractivity (Wildman–Crippen MR) is 112 cm³/mol. The molecule has 29 heavy (non-hydrogen) atoms. The molecule has 4 saturated carbocycles. The van der Waals surface area contributed by atoms with Crippen LogP contribution in [0, 0.1) is 23.2 Å². The van der Waals surface area contributed by atoms with Crippen molar-refractivity contribution in [3.63, 3.8) is 0 Å². The summed E-state index contributed by atoms with van der Waals surface area (Å²) >= 11 is 0. The zero-order valence-corrected chi connectivity index (χ0v) is 17.3. The molecule has 4 N–H and O–H groups in total. The smallest absolute Gasteiger partial charge is 0.253 e. The number of carbonyl (C=O) groups excluding carboxylic acids is 1. The van der Waals surface area contributed by atoms with Gasteiger partial charge in [0.1, 0.15) is 11.4 Å². The molecule has 4 bridgehead atoms. The van der Waals surface area contributed by atoms with Gasteiger partial charge in [-0.3, -0.25) is 19.6 Å². The maximum atomic E-state index is 12.2. The van der Waals surface area contributed by atoms with Crippen LogP contribution in [-0.2, 0) is 4.79 Å². The number of unbranched alkanes of at least 4 members (excludes halogenated alkanes) is 2. The molecular formula is C22H33N3O4. The average molecular weight is 404 g/mol. The molecular weight excluding hydrogens is 370 g/mol. The molecule has 160 valence electrons. The minimum absolute atomic E-state index is 0.205. The molecule has 1 aromatic carbocycles. The Kier molecular flexibility index (Phi) is 5.69. The third-order valence-electron chi connectivity index (χ3n) is 7.78. The molecule has 0 aliphatic heterocycles. The molecule has 5 rings (SSSR count). The summed E-state index contributed by atoms with van der Waals surface area (Å²) in [4.78, 5) is 35.2. The Morgan fingerprint density at radius 1 is 1.00 bits per heavy atom. The fourth-order valence-corrected chi connectivity index (χ4v) is 6.63. The van der Waals surface area contributed by atoms with Crippen LogP contribution in [0.4, 0.5) is 11.4 Å². The average Bonchev–Trinajstić information content (AvgIpc) is 2.70. The van der Waals surface area contributed by atoms with Crippen LogP contribution in [0.3, 0.4) is 0 Å². The maximum absolute atomic E-state index is 12.2. The van der Waals surface area contributed by atoms with E-state index in [1.165, 1.54) is 38.5 Å². The first-order valence-electron chi connectivity index (χ1n) is 11.2. The molecule has 0 radical (unpaired) electrons. The molecule has 4 fully saturated rings. The van der Waals surface area contributed by atoms with Gasteiger partial charge in [0.15, 0.2) is 0 Å². The summed E-state index contributed by atoms with van der Waals surface area (Å²) in [6, 6.07) is 0.205. The van der Waals surface area contributed by atoms with Crippen LogP contribution in [-0.4, -0.2) is 23.7 Å². The van der Waals surface area contributed by atoms with Crippen LogP contribution in [0.2, 0.25) is 0 Å². The summed E-state index contributed by atoms with van der Waals surface area (Å²) in [7, 11) is 0. The second kappa shape index (κ2) is 8.09. The summed E-state index contributed by atoms with van der Waals surface area (Å²) in [6.45, 7) is 2.78. The molecule has 4 aliphatic rings. The Labute approximate surface area is 171 Å². The van der Waals surface area contributed by atoms with Crippen LogP contribution in [0.25, 0.3) is 0 Å². The number of hydrogen-bond acceptors (Lipinski definition) is 6. The molecule has 0 saturated heterocycles. The molecule has 7 nitrogen and oxygen atoms in total. The molecule has 1 atom stereocenters. The van der Waals surface area contributed by atoms with Gasteiger partial charge >= 0.3 is 0 Å². The Bertz CT molecular complexity index is 791. The first-order chi connectivity index (χ1) is 13.9. The minimum atomic E-state index is -0.426. The van der Waals surface area contributed by atoms with Gasteiger partial charge in [-0.1, -0.05) is 6.42 Å². The maximum Gasteiger partial charge on any atom is 0.253 e. The molecule has 0 aromatic heterocycles. The zero-order chi connectivity index (χ0) is 20.6. The number of hydroxylamine groups is 1. The number of nitrogens with one attached hydrogen (secondary N) is 3. The first-order valence-corrected chi connectivity index (χ1v) is 11.2. The second-order valence-corrected chi connectivity index (χ2v) is 9.83. The fraction of sp³-hybridized carbons (Fsp3) is 0.773. The normalized spacial score (nSPS) is 31.0. The van der Waals surface area contributed by atoms with Gasteiger partial charge in [0.2, 0.25) is 5.91 Å². The summed E-state index contributed by atoms with van der Waals surface area (Å²) in [5, 5.41) is 15.0. The molecule has 0 heterocycles. The lowest BCUT2D eigenvalue weighted by Crippen LogP contribution is -2.54. The van der Waals surface area contributed by atoms with E-state index < -0.39 is 10.9 Å². The fourth-order valence-electron chi connectivity index (χ4n) is 6.63. The Morgan fingerprint density at radius 2 is 1.59 bits per heavy atom. The highest BCUT2D eigenvalue weighted by Gasteiger charge is 2.53. The SMILES string of the molecule is CC(Nc1c(NCCCCCC(=O)NO)c(=O)c1=O)C12CC3CC(CC(C3)C1)C2. The van der Waals surface area contributed by atoms with Gasteiger partial charge in [-0.25, -0.2) is 5.48 Å². The van der Waals surface area contributed by atoms with Crippen LogP contribution in [0.5, 0.6) is 0 Å². The predicted octanol–water partition coefficient (Wildman–Crippen LogP) is 2.78. The van der Waals surface area contributed by atoms with Crippen molar-refractivity contribution in [2.75, 3.05) is 17.2 Å². The second-order valence-electron chi connectivity index (χ2n) is 9.83. The van der Waals surface area contributed by atoms with E-state index >= 15 is 0 Å². The number of anilines is 2. The lowest BCUT2D eigenvalue weighted by atomic mass is 9.48. The van der Waals surface area contributed by atoms with E-state index in [9.17, 15) is 14.4 Å². The monoisotopic (exact) mass is 403 g/mol. The van der Waals surface area contributed by atoms with Crippen LogP contribution >= 0.6 is 0 Å². The minimum Gasteiger partial charge on any atom is -0.380 e. The number of carbonyl (C=O) groups is 1. The van der Waals surface area contributed by atoms with Crippen molar-refractivity contribution in [2.45, 2.75) is 77.2 Å². The van der Waals surface area contributed by atoms with E-state index in [4.69, 9.17) is 5.21 Å². The molecule has 1 aromatic rings. The zero-order valence-electron chi connectivity index (χ0n) is 17.3. The lowest BCUT2D eigenvalue weighted by Gasteiger charge is -2.59. The third-order valence-corrected chi connectivity index (χ3v) is 7.78. The Morgan fingerprint density at radius 3 is 2.17 bits per heavy atom. The van der Waals surface area contributed by atoms with E-state index in [1.807, 2.05) is 0 Å². The highest BCUT2D eigenvalue weighted by atomic mass is 16.5. The van der Waals surface area contributed by atoms with Gasteiger partial charge in [0, 0.05) is 19.0 Å². The van der Waals surface area contributed by atoms with Crippen molar-refractivity contribution in [1.29, 1.82) is 0 Å². The van der Waals surface area contributed by atoms with E-state index in [0.717, 1.165) is 30.6 Å². The van der Waals surface area contributed by atoms with E-state index in [-0.39, 0.29) is 23.8 Å². The van der Waals surface area contributed by atoms with Crippen molar-refractivity contribution < 1.29 is 10.0 Å². The van der Waals surface area contributed by atoms with Crippen molar-refractivity contribution >= 4 is 17.3 Å². The topological polar surface area (TPSA) is 108 Å². The Hall–Kier alpha value is -1.89. The summed E-state index contributed by atoms with van der Waals surface area (Å²) < 4.78 is 0. The van der Waals surface area contributed by atoms with Crippen LogP contribution in [0.15, 0.2) is 9.59 Å². The van der Waals surface area contributed by atoms with Gasteiger partial charge in [0.05, 0.1) is 0 Å². The standard InChI is InChI=1S/C22H33N3O4/c1-13(22-10-14-7-15(11-22)9-16(8-14)12-22)24-19-18(20(27)21(19)28)23-6-4-2-3-5-17(26)25-29/h13-16,23-24,29H,2-12H2,1H3,(H,25,26). The lowest BCUT2D eigenvalue weighted by molar-refractivity contribution is -0.129. The first kappa shape index (κ1) is 20.4. The van der Waals surface area contributed by atoms with E-state index in [2.05, 4.69) is 17.6 Å². The van der Waals surface area contributed by atoms with Crippen molar-refractivity contribution in [2.24, 2.45) is 23.2 Å². The molecule has 1 amide bonds. The summed E-state index contributed by atoms with van der Waals surface area (Å²) in [5.41, 5.74) is 1.97. The Balaban J connectivity index is 1.31. The van der Waals surface area contributed by atoms with E-state index in [0.29, 0.717) is 24.3 Å². The van der Waals surface area contributed by atoms with Crippen LogP contribution in [0.1, 0.15) is 71.1 Å². The molecule has 0 spiro atoms. The number of hydrogen-bond donors (Lipinski definition) is 4. The summed E-state index contributed by atoms with van der Waals surface area (Å²) in [6.07, 6.45) is 10.5. The van der Waals surface area contributed by atoms with E-state index in [1.54, 1.807) is 5.48 Å². The van der Waals surface area contributed by atoms with Crippen molar-refractivity contribution in [1.82, 2.24) is 5.48 Å². The van der Waals surface area contributed by atoms with Crippen molar-refractivity contribution in [3.8, 4) is 0 Å². The van der Waals surface area contributed by atoms with Crippen molar-refractivity contribution in [3.05, 3.63) is 20.4 Å². The summed E-state index contributed by atoms with van der Waals surface area (Å²) in [5.74, 6) is 2.17. The molecule has 1 unspecified atom stereocenters. The number of rotatable bonds is 10. The van der Waals surface area contributed by atoms with Gasteiger partial charge in [-0.15, -0.1) is 0 Å².